The lowest BCUT2D eigenvalue weighted by molar-refractivity contribution is 0.348. The summed E-state index contributed by atoms with van der Waals surface area (Å²) in [6.07, 6.45) is 29.7. The Morgan fingerprint density at radius 3 is 1.71 bits per heavy atom. The van der Waals surface area contributed by atoms with Crippen LogP contribution >= 0.6 is 0 Å². The van der Waals surface area contributed by atoms with Crippen LogP contribution in [0.3, 0.4) is 0 Å². The average Bonchev–Trinajstić information content (AvgIpc) is 3.13. The van der Waals surface area contributed by atoms with Gasteiger partial charge in [-0.3, -0.25) is 0 Å². The third-order valence-corrected chi connectivity index (χ3v) is 7.57. The Hall–Kier alpha value is -2.94. The molecular formula is C29H41N6+. The molecule has 0 heterocycles. The van der Waals surface area contributed by atoms with Crippen molar-refractivity contribution >= 4 is 11.4 Å². The minimum Gasteiger partial charge on any atom is -0.185 e. The molecule has 0 bridgehead atoms. The zero-order chi connectivity index (χ0) is 24.9. The molecule has 6 nitrogen and oxygen atoms in total. The van der Waals surface area contributed by atoms with Gasteiger partial charge in [0.25, 0.3) is 5.39 Å². The molecule has 0 spiro atoms. The van der Waals surface area contributed by atoms with Gasteiger partial charge in [0.1, 0.15) is 0 Å². The Labute approximate surface area is 210 Å². The quantitative estimate of drug-likeness (QED) is 0.109. The first kappa shape index (κ1) is 26.7. The monoisotopic (exact) mass is 473 g/mol. The number of fused-ring (bicyclic) bond motifs is 2. The Balaban J connectivity index is 1.94. The fourth-order valence-electron chi connectivity index (χ4n) is 5.78. The van der Waals surface area contributed by atoms with Crippen LogP contribution in [0.5, 0.6) is 0 Å². The molecule has 3 aliphatic rings. The van der Waals surface area contributed by atoms with Gasteiger partial charge in [-0.2, -0.15) is 5.53 Å². The third-order valence-electron chi connectivity index (χ3n) is 7.57. The largest absolute Gasteiger partial charge is 0.339 e. The van der Waals surface area contributed by atoms with Crippen LogP contribution in [0.1, 0.15) is 104 Å². The lowest BCUT2D eigenvalue weighted by Gasteiger charge is -2.36. The molecule has 0 amide bonds. The number of unbranched alkanes of at least 4 members (excludes halogenated alkanes) is 10. The molecule has 186 valence electrons. The molecule has 3 rings (SSSR count). The first-order chi connectivity index (χ1) is 17.2. The first-order valence-electron chi connectivity index (χ1n) is 13.6. The second-order valence-corrected chi connectivity index (χ2v) is 9.97. The van der Waals surface area contributed by atoms with Gasteiger partial charge in [0.15, 0.2) is 10.8 Å². The van der Waals surface area contributed by atoms with E-state index in [9.17, 15) is 0 Å². The van der Waals surface area contributed by atoms with E-state index < -0.39 is 0 Å². The molecule has 0 saturated heterocycles. The zero-order valence-corrected chi connectivity index (χ0v) is 21.6. The van der Waals surface area contributed by atoms with Gasteiger partial charge in [0, 0.05) is 5.41 Å². The normalized spacial score (nSPS) is 20.0. The molecule has 35 heavy (non-hydrogen) atoms. The Kier molecular flexibility index (Phi) is 10.5. The third kappa shape index (κ3) is 6.60. The lowest BCUT2D eigenvalue weighted by atomic mass is 9.67. The van der Waals surface area contributed by atoms with Crippen LogP contribution in [-0.2, 0) is 0 Å². The Morgan fingerprint density at radius 1 is 0.714 bits per heavy atom. The van der Waals surface area contributed by atoms with Gasteiger partial charge in [-0.1, -0.05) is 108 Å². The molecule has 0 saturated carbocycles. The highest BCUT2D eigenvalue weighted by Crippen LogP contribution is 2.58. The van der Waals surface area contributed by atoms with Crippen molar-refractivity contribution in [3.63, 3.8) is 0 Å². The molecular weight excluding hydrogens is 432 g/mol. The van der Waals surface area contributed by atoms with Crippen molar-refractivity contribution in [1.29, 1.82) is 10.9 Å². The predicted molar refractivity (Wildman–Crippen MR) is 145 cm³/mol. The summed E-state index contributed by atoms with van der Waals surface area (Å²) in [4.78, 5) is 0. The van der Waals surface area contributed by atoms with E-state index in [1.54, 1.807) is 0 Å². The highest BCUT2D eigenvalue weighted by molar-refractivity contribution is 6.10. The Morgan fingerprint density at radius 2 is 1.20 bits per heavy atom. The van der Waals surface area contributed by atoms with Crippen LogP contribution in [-0.4, -0.2) is 11.4 Å². The van der Waals surface area contributed by atoms with Gasteiger partial charge in [-0.25, -0.2) is 0 Å². The fourth-order valence-corrected chi connectivity index (χ4v) is 5.78. The number of allylic oxidation sites excluding steroid dienone is 10. The van der Waals surface area contributed by atoms with Crippen molar-refractivity contribution in [2.24, 2.45) is 20.8 Å². The molecule has 0 aromatic carbocycles. The number of diazo groups is 1. The minimum absolute atomic E-state index is 0.116. The molecule has 3 aliphatic carbocycles. The summed E-state index contributed by atoms with van der Waals surface area (Å²) in [6, 6.07) is 0. The molecule has 0 atom stereocenters. The minimum atomic E-state index is -0.116. The summed E-state index contributed by atoms with van der Waals surface area (Å²) in [5, 5.41) is 23.4. The van der Waals surface area contributed by atoms with E-state index in [0.29, 0.717) is 5.71 Å². The lowest BCUT2D eigenvalue weighted by Crippen LogP contribution is -2.25. The number of hydrogen-bond donors (Lipinski definition) is 1. The molecule has 0 aromatic heterocycles. The van der Waals surface area contributed by atoms with Gasteiger partial charge in [-0.05, 0) is 59.4 Å². The smallest absolute Gasteiger partial charge is 0.185 e. The van der Waals surface area contributed by atoms with Crippen LogP contribution in [0.2, 0.25) is 0 Å². The molecule has 0 radical (unpaired) electrons. The number of nitrogens with zero attached hydrogens (tertiary/aromatic N) is 5. The number of rotatable bonds is 15. The summed E-state index contributed by atoms with van der Waals surface area (Å²) in [7, 11) is 0. The van der Waals surface area contributed by atoms with E-state index in [4.69, 9.17) is 10.9 Å². The zero-order valence-electron chi connectivity index (χ0n) is 21.6. The summed E-state index contributed by atoms with van der Waals surface area (Å²) in [6.45, 7) is 4.52. The van der Waals surface area contributed by atoms with Crippen molar-refractivity contribution in [2.45, 2.75) is 104 Å². The standard InChI is InChI=1S/C29H41N6/c1-3-5-7-9-11-13-19-29(20-14-12-10-8-6-4-2)27-21-23(32-34-30)15-17-25(27)26-18-16-24(33-35-31)22-28(26)29/h15-18,21-22,30H,3-14,19-20H2,1-2H3/q+1. The highest BCUT2D eigenvalue weighted by atomic mass is 15.3. The molecule has 6 heteroatoms. The van der Waals surface area contributed by atoms with Crippen LogP contribution < -0.4 is 0 Å². The topological polar surface area (TPSA) is 89.1 Å². The van der Waals surface area contributed by atoms with E-state index in [-0.39, 0.29) is 5.41 Å². The number of hydrogen-bond acceptors (Lipinski definition) is 4. The fraction of sp³-hybridized carbons (Fsp3) is 0.586. The van der Waals surface area contributed by atoms with Gasteiger partial charge >= 0.3 is 5.08 Å². The predicted octanol–water partition coefficient (Wildman–Crippen LogP) is 9.37. The van der Waals surface area contributed by atoms with Gasteiger partial charge in [0.2, 0.25) is 0 Å². The second-order valence-electron chi connectivity index (χ2n) is 9.97. The average molecular weight is 474 g/mol. The molecule has 0 aromatic rings. The van der Waals surface area contributed by atoms with Crippen molar-refractivity contribution in [3.8, 4) is 0 Å². The molecule has 0 unspecified atom stereocenters. The van der Waals surface area contributed by atoms with Crippen LogP contribution in [0.4, 0.5) is 0 Å². The SMILES string of the molecule is CCCCCCCCC1(CCCCCCCC)C2=CC(=NN=N)C=CC2=C2C=CC(=N[N+]#N)C=C21. The van der Waals surface area contributed by atoms with Crippen molar-refractivity contribution in [1.82, 2.24) is 0 Å². The Bertz CT molecular complexity index is 996. The molecule has 1 N–H and O–H groups in total. The van der Waals surface area contributed by atoms with Gasteiger partial charge in [0.05, 0.1) is 5.71 Å². The maximum absolute atomic E-state index is 9.07. The van der Waals surface area contributed by atoms with Crippen LogP contribution in [0.15, 0.2) is 74.2 Å². The molecule has 0 aliphatic heterocycles. The van der Waals surface area contributed by atoms with Crippen LogP contribution in [0, 0.1) is 16.3 Å². The second kappa shape index (κ2) is 13.8. The van der Waals surface area contributed by atoms with E-state index in [0.717, 1.165) is 18.6 Å². The highest BCUT2D eigenvalue weighted by Gasteiger charge is 2.46. The maximum Gasteiger partial charge on any atom is 0.339 e. The van der Waals surface area contributed by atoms with Gasteiger partial charge < -0.3 is 0 Å². The summed E-state index contributed by atoms with van der Waals surface area (Å²) in [5.41, 5.74) is 13.6. The van der Waals surface area contributed by atoms with Gasteiger partial charge in [-0.15, -0.1) is 5.10 Å². The first-order valence-corrected chi connectivity index (χ1v) is 13.6. The van der Waals surface area contributed by atoms with E-state index >= 15 is 0 Å². The molecule has 0 fully saturated rings. The summed E-state index contributed by atoms with van der Waals surface area (Å²) >= 11 is 0. The van der Waals surface area contributed by atoms with E-state index in [2.05, 4.69) is 58.7 Å². The van der Waals surface area contributed by atoms with Crippen molar-refractivity contribution in [2.75, 3.05) is 0 Å². The van der Waals surface area contributed by atoms with E-state index in [1.165, 1.54) is 99.3 Å². The summed E-state index contributed by atoms with van der Waals surface area (Å²) < 4.78 is 0. The maximum atomic E-state index is 9.07. The van der Waals surface area contributed by atoms with Crippen molar-refractivity contribution < 1.29 is 0 Å². The van der Waals surface area contributed by atoms with Crippen LogP contribution in [0.25, 0.3) is 5.08 Å². The van der Waals surface area contributed by atoms with E-state index in [1.807, 2.05) is 12.2 Å². The summed E-state index contributed by atoms with van der Waals surface area (Å²) in [5.74, 6) is 0. The van der Waals surface area contributed by atoms with Crippen molar-refractivity contribution in [3.05, 3.63) is 63.8 Å². The number of nitrogens with one attached hydrogen (secondary N) is 1.